The summed E-state index contributed by atoms with van der Waals surface area (Å²) in [5, 5.41) is 11.1. The van der Waals surface area contributed by atoms with Crippen LogP contribution in [0.15, 0.2) is 36.8 Å². The topological polar surface area (TPSA) is 116 Å². The van der Waals surface area contributed by atoms with Gasteiger partial charge in [-0.05, 0) is 33.9 Å². The number of amides is 1. The molecular formula is C27H34FN9O2. The van der Waals surface area contributed by atoms with Gasteiger partial charge < -0.3 is 25.3 Å². The summed E-state index contributed by atoms with van der Waals surface area (Å²) in [6.45, 7) is 9.06. The van der Waals surface area contributed by atoms with Crippen molar-refractivity contribution in [2.75, 3.05) is 43.9 Å². The third kappa shape index (κ3) is 5.43. The van der Waals surface area contributed by atoms with E-state index in [1.165, 1.54) is 0 Å². The van der Waals surface area contributed by atoms with Crippen LogP contribution in [0.3, 0.4) is 0 Å². The molecule has 12 heteroatoms. The van der Waals surface area contributed by atoms with E-state index in [1.54, 1.807) is 24.1 Å². The first-order chi connectivity index (χ1) is 18.7. The molecule has 1 unspecified atom stereocenters. The van der Waals surface area contributed by atoms with Crippen molar-refractivity contribution >= 4 is 34.1 Å². The molecule has 0 bridgehead atoms. The largest absolute Gasteiger partial charge is 0.475 e. The molecular weight excluding hydrogens is 501 g/mol. The maximum atomic E-state index is 15.0. The number of likely N-dealkylation sites (N-methyl/N-ethyl adjacent to an activating group) is 1. The zero-order chi connectivity index (χ0) is 27.7. The number of aryl methyl sites for hydroxylation is 1. The number of carbonyl (C=O) groups excluding carboxylic acids is 1. The Kier molecular flexibility index (Phi) is 7.49. The van der Waals surface area contributed by atoms with E-state index < -0.39 is 5.82 Å². The average molecular weight is 536 g/mol. The number of hydrogen-bond acceptors (Lipinski definition) is 8. The summed E-state index contributed by atoms with van der Waals surface area (Å²) in [5.74, 6) is -0.0439. The number of aromatic nitrogens is 5. The summed E-state index contributed by atoms with van der Waals surface area (Å²) in [6.07, 6.45) is 4.56. The third-order valence-corrected chi connectivity index (χ3v) is 7.05. The van der Waals surface area contributed by atoms with Crippen molar-refractivity contribution in [3.63, 3.8) is 0 Å². The Labute approximate surface area is 226 Å². The van der Waals surface area contributed by atoms with Crippen molar-refractivity contribution in [2.45, 2.75) is 32.9 Å². The minimum atomic E-state index is -0.565. The van der Waals surface area contributed by atoms with E-state index in [4.69, 9.17) is 4.74 Å². The Morgan fingerprint density at radius 1 is 1.28 bits per heavy atom. The number of para-hydroxylation sites is 1. The van der Waals surface area contributed by atoms with Gasteiger partial charge in [0.25, 0.3) is 5.88 Å². The fraction of sp³-hybridized carbons (Fsp3) is 0.407. The highest BCUT2D eigenvalue weighted by Crippen LogP contribution is 2.34. The molecule has 206 valence electrons. The average Bonchev–Trinajstić information content (AvgIpc) is 3.48. The quantitative estimate of drug-likeness (QED) is 0.313. The minimum absolute atomic E-state index is 0.0867. The number of aromatic amines is 1. The van der Waals surface area contributed by atoms with Gasteiger partial charge in [0, 0.05) is 49.9 Å². The second-order valence-electron chi connectivity index (χ2n) is 9.91. The molecule has 1 fully saturated rings. The molecule has 3 aromatic heterocycles. The van der Waals surface area contributed by atoms with Crippen LogP contribution in [-0.2, 0) is 11.8 Å². The highest BCUT2D eigenvalue weighted by molar-refractivity contribution is 6.06. The number of hydrogen-bond donors (Lipinski definition) is 3. The van der Waals surface area contributed by atoms with E-state index in [1.807, 2.05) is 32.0 Å². The zero-order valence-electron chi connectivity index (χ0n) is 22.8. The first-order valence-electron chi connectivity index (χ1n) is 13.1. The fourth-order valence-corrected chi connectivity index (χ4v) is 5.11. The molecule has 0 spiro atoms. The number of benzene rings is 1. The number of ether oxygens (including phenoxy) is 1. The van der Waals surface area contributed by atoms with Crippen LogP contribution >= 0.6 is 0 Å². The van der Waals surface area contributed by atoms with Crippen molar-refractivity contribution in [2.24, 2.45) is 7.05 Å². The summed E-state index contributed by atoms with van der Waals surface area (Å²) in [6, 6.07) is 5.52. The minimum Gasteiger partial charge on any atom is -0.475 e. The summed E-state index contributed by atoms with van der Waals surface area (Å²) >= 11 is 0. The predicted molar refractivity (Wildman–Crippen MR) is 149 cm³/mol. The van der Waals surface area contributed by atoms with E-state index in [0.29, 0.717) is 34.9 Å². The van der Waals surface area contributed by atoms with Crippen LogP contribution in [0.5, 0.6) is 5.88 Å². The highest BCUT2D eigenvalue weighted by atomic mass is 19.1. The van der Waals surface area contributed by atoms with Crippen LogP contribution < -0.4 is 15.4 Å². The molecule has 1 amide bonds. The lowest BCUT2D eigenvalue weighted by atomic mass is 10.1. The third-order valence-electron chi connectivity index (χ3n) is 7.05. The molecule has 39 heavy (non-hydrogen) atoms. The summed E-state index contributed by atoms with van der Waals surface area (Å²) in [5.41, 5.74) is 2.58. The molecule has 0 saturated carbocycles. The van der Waals surface area contributed by atoms with E-state index in [0.717, 1.165) is 31.2 Å². The van der Waals surface area contributed by atoms with Crippen LogP contribution in [0.25, 0.3) is 22.2 Å². The van der Waals surface area contributed by atoms with Crippen molar-refractivity contribution in [3.8, 4) is 17.1 Å². The molecule has 4 aromatic rings. The summed E-state index contributed by atoms with van der Waals surface area (Å²) in [4.78, 5) is 29.5. The molecule has 0 aliphatic carbocycles. The van der Waals surface area contributed by atoms with E-state index in [9.17, 15) is 4.79 Å². The molecule has 1 aromatic carbocycles. The lowest BCUT2D eigenvalue weighted by Crippen LogP contribution is -2.56. The van der Waals surface area contributed by atoms with Crippen molar-refractivity contribution < 1.29 is 13.9 Å². The first kappa shape index (κ1) is 26.6. The number of piperazine rings is 1. The number of halogens is 1. The van der Waals surface area contributed by atoms with Crippen molar-refractivity contribution in [1.82, 2.24) is 34.5 Å². The van der Waals surface area contributed by atoms with Gasteiger partial charge in [-0.2, -0.15) is 0 Å². The molecule has 1 aliphatic heterocycles. The second kappa shape index (κ2) is 11.0. The normalized spacial score (nSPS) is 17.3. The van der Waals surface area contributed by atoms with E-state index in [-0.39, 0.29) is 29.6 Å². The SMILES string of the molecule is CCOc1nn(C)cc1Nc1ncc(F)c(-c2c[nH]c3c(NC(=O)C(C)N4CCN(C)C[C@@H]4C)cccc23)n1. The van der Waals surface area contributed by atoms with Crippen molar-refractivity contribution in [3.05, 3.63) is 42.6 Å². The van der Waals surface area contributed by atoms with Crippen LogP contribution in [-0.4, -0.2) is 85.8 Å². The van der Waals surface area contributed by atoms with Crippen molar-refractivity contribution in [1.29, 1.82) is 0 Å². The Bertz CT molecular complexity index is 1480. The monoisotopic (exact) mass is 535 g/mol. The van der Waals surface area contributed by atoms with Crippen LogP contribution in [0.4, 0.5) is 21.7 Å². The Hall–Kier alpha value is -4.03. The van der Waals surface area contributed by atoms with Gasteiger partial charge in [0.05, 0.1) is 36.2 Å². The van der Waals surface area contributed by atoms with Gasteiger partial charge in [0.2, 0.25) is 11.9 Å². The fourth-order valence-electron chi connectivity index (χ4n) is 5.11. The highest BCUT2D eigenvalue weighted by Gasteiger charge is 2.30. The van der Waals surface area contributed by atoms with Gasteiger partial charge in [-0.25, -0.2) is 14.4 Å². The van der Waals surface area contributed by atoms with Gasteiger partial charge >= 0.3 is 0 Å². The predicted octanol–water partition coefficient (Wildman–Crippen LogP) is 3.60. The lowest BCUT2D eigenvalue weighted by molar-refractivity contribution is -0.122. The molecule has 2 atom stereocenters. The molecule has 1 aliphatic rings. The number of rotatable bonds is 8. The lowest BCUT2D eigenvalue weighted by Gasteiger charge is -2.41. The Morgan fingerprint density at radius 2 is 2.10 bits per heavy atom. The summed E-state index contributed by atoms with van der Waals surface area (Å²) in [7, 11) is 3.87. The second-order valence-corrected chi connectivity index (χ2v) is 9.91. The van der Waals surface area contributed by atoms with Gasteiger partial charge in [-0.3, -0.25) is 14.4 Å². The maximum Gasteiger partial charge on any atom is 0.256 e. The molecule has 5 rings (SSSR count). The van der Waals surface area contributed by atoms with E-state index >= 15 is 4.39 Å². The standard InChI is InChI=1S/C27H34FN9O2/c1-6-39-26-22(15-36(5)34-26)32-27-30-13-20(28)23(33-27)19-12-29-24-18(19)8-7-9-21(24)31-25(38)17(3)37-11-10-35(4)14-16(37)2/h7-9,12-13,15-17,29H,6,10-11,14H2,1-5H3,(H,31,38)(H,30,32,33)/t16-,17?/m0/s1. The van der Waals surface area contributed by atoms with Gasteiger partial charge in [0.15, 0.2) is 5.82 Å². The molecule has 3 N–H and O–H groups in total. The zero-order valence-corrected chi connectivity index (χ0v) is 22.8. The van der Waals surface area contributed by atoms with E-state index in [2.05, 4.69) is 54.5 Å². The van der Waals surface area contributed by atoms with Gasteiger partial charge in [-0.15, -0.1) is 5.10 Å². The molecule has 4 heterocycles. The smallest absolute Gasteiger partial charge is 0.256 e. The number of fused-ring (bicyclic) bond motifs is 1. The summed E-state index contributed by atoms with van der Waals surface area (Å²) < 4.78 is 22.2. The first-order valence-corrected chi connectivity index (χ1v) is 13.1. The van der Waals surface area contributed by atoms with Gasteiger partial charge in [-0.1, -0.05) is 12.1 Å². The number of nitrogens with one attached hydrogen (secondary N) is 3. The van der Waals surface area contributed by atoms with Crippen LogP contribution in [0, 0.1) is 5.82 Å². The number of H-pyrrole nitrogens is 1. The van der Waals surface area contributed by atoms with Crippen LogP contribution in [0.2, 0.25) is 0 Å². The number of anilines is 3. The number of carbonyl (C=O) groups is 1. The Balaban J connectivity index is 1.40. The number of nitrogens with zero attached hydrogens (tertiary/aromatic N) is 6. The molecule has 0 radical (unpaired) electrons. The Morgan fingerprint density at radius 3 is 2.87 bits per heavy atom. The van der Waals surface area contributed by atoms with Gasteiger partial charge in [0.1, 0.15) is 11.4 Å². The van der Waals surface area contributed by atoms with Crippen LogP contribution in [0.1, 0.15) is 20.8 Å². The molecule has 11 nitrogen and oxygen atoms in total. The molecule has 1 saturated heterocycles. The maximum absolute atomic E-state index is 15.0.